The SMILES string of the molecule is N#CC(C(=O)CSc1nc2ccccc2s1)c1ccccc1. The number of carbonyl (C=O) groups excluding carboxylic acids is 1. The molecule has 0 aliphatic heterocycles. The van der Waals surface area contributed by atoms with Crippen LogP contribution < -0.4 is 0 Å². The molecule has 3 rings (SSSR count). The maximum atomic E-state index is 12.3. The third kappa shape index (κ3) is 3.19. The molecule has 1 aromatic heterocycles. The fraction of sp³-hybridized carbons (Fsp3) is 0.118. The molecule has 22 heavy (non-hydrogen) atoms. The summed E-state index contributed by atoms with van der Waals surface area (Å²) in [6.45, 7) is 0. The Labute approximate surface area is 136 Å². The van der Waals surface area contributed by atoms with Gasteiger partial charge in [0.25, 0.3) is 0 Å². The van der Waals surface area contributed by atoms with Gasteiger partial charge >= 0.3 is 0 Å². The Morgan fingerprint density at radius 2 is 1.91 bits per heavy atom. The molecule has 3 aromatic rings. The number of hydrogen-bond donors (Lipinski definition) is 0. The smallest absolute Gasteiger partial charge is 0.164 e. The maximum absolute atomic E-state index is 12.3. The summed E-state index contributed by atoms with van der Waals surface area (Å²) in [5, 5.41) is 9.27. The van der Waals surface area contributed by atoms with E-state index in [1.54, 1.807) is 11.3 Å². The molecule has 0 saturated heterocycles. The minimum atomic E-state index is -0.705. The molecule has 0 amide bonds. The summed E-state index contributed by atoms with van der Waals surface area (Å²) in [5.74, 6) is -0.534. The molecule has 0 saturated carbocycles. The van der Waals surface area contributed by atoms with Gasteiger partial charge < -0.3 is 0 Å². The Morgan fingerprint density at radius 1 is 1.18 bits per heavy atom. The molecule has 5 heteroatoms. The first-order valence-corrected chi connectivity index (χ1v) is 8.54. The lowest BCUT2D eigenvalue weighted by Gasteiger charge is -2.07. The normalized spacial score (nSPS) is 12.0. The number of thioether (sulfide) groups is 1. The number of para-hydroxylation sites is 1. The van der Waals surface area contributed by atoms with E-state index in [-0.39, 0.29) is 11.5 Å². The van der Waals surface area contributed by atoms with Crippen molar-refractivity contribution in [2.24, 2.45) is 0 Å². The lowest BCUT2D eigenvalue weighted by atomic mass is 9.97. The number of carbonyl (C=O) groups is 1. The van der Waals surface area contributed by atoms with Gasteiger partial charge in [-0.2, -0.15) is 5.26 Å². The van der Waals surface area contributed by atoms with Gasteiger partial charge in [0.15, 0.2) is 10.1 Å². The number of nitriles is 1. The van der Waals surface area contributed by atoms with Gasteiger partial charge in [-0.1, -0.05) is 54.2 Å². The van der Waals surface area contributed by atoms with E-state index >= 15 is 0 Å². The van der Waals surface area contributed by atoms with Crippen molar-refractivity contribution in [3.63, 3.8) is 0 Å². The van der Waals surface area contributed by atoms with Crippen LogP contribution in [-0.2, 0) is 4.79 Å². The molecule has 1 atom stereocenters. The summed E-state index contributed by atoms with van der Waals surface area (Å²) in [6.07, 6.45) is 0. The molecule has 2 aromatic carbocycles. The van der Waals surface area contributed by atoms with Gasteiger partial charge in [-0.3, -0.25) is 4.79 Å². The van der Waals surface area contributed by atoms with Crippen molar-refractivity contribution < 1.29 is 4.79 Å². The van der Waals surface area contributed by atoms with E-state index in [0.717, 1.165) is 20.1 Å². The van der Waals surface area contributed by atoms with E-state index in [1.165, 1.54) is 11.8 Å². The van der Waals surface area contributed by atoms with Crippen LogP contribution in [0.5, 0.6) is 0 Å². The summed E-state index contributed by atoms with van der Waals surface area (Å²) >= 11 is 2.97. The van der Waals surface area contributed by atoms with E-state index in [4.69, 9.17) is 0 Å². The first-order valence-electron chi connectivity index (χ1n) is 6.73. The molecule has 0 aliphatic carbocycles. The van der Waals surface area contributed by atoms with Crippen LogP contribution >= 0.6 is 23.1 Å². The van der Waals surface area contributed by atoms with Crippen molar-refractivity contribution in [1.82, 2.24) is 4.98 Å². The van der Waals surface area contributed by atoms with Crippen LogP contribution in [-0.4, -0.2) is 16.5 Å². The Morgan fingerprint density at radius 3 is 2.64 bits per heavy atom. The van der Waals surface area contributed by atoms with Gasteiger partial charge in [-0.05, 0) is 17.7 Å². The van der Waals surface area contributed by atoms with Crippen LogP contribution in [0.15, 0.2) is 58.9 Å². The fourth-order valence-corrected chi connectivity index (χ4v) is 4.08. The quantitative estimate of drug-likeness (QED) is 0.658. The van der Waals surface area contributed by atoms with E-state index in [2.05, 4.69) is 11.1 Å². The number of fused-ring (bicyclic) bond motifs is 1. The number of benzene rings is 2. The zero-order chi connectivity index (χ0) is 15.4. The van der Waals surface area contributed by atoms with Crippen molar-refractivity contribution in [3.05, 3.63) is 60.2 Å². The van der Waals surface area contributed by atoms with Gasteiger partial charge in [0, 0.05) is 0 Å². The molecule has 0 radical (unpaired) electrons. The van der Waals surface area contributed by atoms with Crippen LogP contribution in [0, 0.1) is 11.3 Å². The van der Waals surface area contributed by atoms with E-state index in [9.17, 15) is 10.1 Å². The summed E-state index contributed by atoms with van der Waals surface area (Å²) in [5.41, 5.74) is 1.70. The standard InChI is InChI=1S/C17H12N2OS2/c18-10-13(12-6-2-1-3-7-12)15(20)11-21-17-19-14-8-4-5-9-16(14)22-17/h1-9,13H,11H2. The topological polar surface area (TPSA) is 53.8 Å². The fourth-order valence-electron chi connectivity index (χ4n) is 2.11. The number of nitrogens with zero attached hydrogens (tertiary/aromatic N) is 2. The third-order valence-corrected chi connectivity index (χ3v) is 5.40. The molecular formula is C17H12N2OS2. The van der Waals surface area contributed by atoms with Gasteiger partial charge in [0.2, 0.25) is 0 Å². The summed E-state index contributed by atoms with van der Waals surface area (Å²) in [6, 6.07) is 19.2. The van der Waals surface area contributed by atoms with Gasteiger partial charge in [-0.15, -0.1) is 11.3 Å². The minimum absolute atomic E-state index is 0.0852. The van der Waals surface area contributed by atoms with Crippen LogP contribution in [0.3, 0.4) is 0 Å². The molecule has 0 bridgehead atoms. The molecule has 0 aliphatic rings. The Kier molecular flexibility index (Phi) is 4.52. The van der Waals surface area contributed by atoms with Crippen molar-refractivity contribution in [2.75, 3.05) is 5.75 Å². The van der Waals surface area contributed by atoms with Crippen molar-refractivity contribution >= 4 is 39.1 Å². The highest BCUT2D eigenvalue weighted by Gasteiger charge is 2.20. The molecule has 1 unspecified atom stereocenters. The second-order valence-electron chi connectivity index (χ2n) is 4.68. The molecule has 0 spiro atoms. The Bertz CT molecular complexity index is 803. The number of rotatable bonds is 5. The van der Waals surface area contributed by atoms with Crippen LogP contribution in [0.2, 0.25) is 0 Å². The minimum Gasteiger partial charge on any atom is -0.297 e. The third-order valence-electron chi connectivity index (χ3n) is 3.20. The second-order valence-corrected chi connectivity index (χ2v) is 6.93. The zero-order valence-corrected chi connectivity index (χ0v) is 13.2. The lowest BCUT2D eigenvalue weighted by molar-refractivity contribution is -0.116. The molecule has 0 N–H and O–H groups in total. The van der Waals surface area contributed by atoms with Crippen LogP contribution in [0.1, 0.15) is 11.5 Å². The highest BCUT2D eigenvalue weighted by Crippen LogP contribution is 2.30. The second kappa shape index (κ2) is 6.73. The van der Waals surface area contributed by atoms with E-state index < -0.39 is 5.92 Å². The number of Topliss-reactive ketones (excluding diaryl/α,β-unsaturated/α-hetero) is 1. The van der Waals surface area contributed by atoms with Crippen LogP contribution in [0.4, 0.5) is 0 Å². The van der Waals surface area contributed by atoms with Crippen molar-refractivity contribution in [3.8, 4) is 6.07 Å². The molecule has 3 nitrogen and oxygen atoms in total. The maximum Gasteiger partial charge on any atom is 0.164 e. The zero-order valence-electron chi connectivity index (χ0n) is 11.6. The molecular weight excluding hydrogens is 312 g/mol. The summed E-state index contributed by atoms with van der Waals surface area (Å²) < 4.78 is 1.97. The van der Waals surface area contributed by atoms with E-state index in [0.29, 0.717) is 0 Å². The van der Waals surface area contributed by atoms with Gasteiger partial charge in [0.05, 0.1) is 22.0 Å². The predicted octanol–water partition coefficient (Wildman–Crippen LogP) is 4.26. The highest BCUT2D eigenvalue weighted by atomic mass is 32.2. The van der Waals surface area contributed by atoms with Gasteiger partial charge in [0.1, 0.15) is 5.92 Å². The van der Waals surface area contributed by atoms with Crippen molar-refractivity contribution in [1.29, 1.82) is 5.26 Å². The Balaban J connectivity index is 1.70. The largest absolute Gasteiger partial charge is 0.297 e. The van der Waals surface area contributed by atoms with Crippen molar-refractivity contribution in [2.45, 2.75) is 10.3 Å². The molecule has 1 heterocycles. The predicted molar refractivity (Wildman–Crippen MR) is 90.1 cm³/mol. The van der Waals surface area contributed by atoms with E-state index in [1.807, 2.05) is 54.6 Å². The number of aromatic nitrogens is 1. The number of hydrogen-bond acceptors (Lipinski definition) is 5. The Hall–Kier alpha value is -2.16. The molecule has 108 valence electrons. The average molecular weight is 324 g/mol. The average Bonchev–Trinajstić information content (AvgIpc) is 2.97. The highest BCUT2D eigenvalue weighted by molar-refractivity contribution is 8.01. The first kappa shape index (κ1) is 14.8. The summed E-state index contributed by atoms with van der Waals surface area (Å²) in [4.78, 5) is 16.8. The van der Waals surface area contributed by atoms with Gasteiger partial charge in [-0.25, -0.2) is 4.98 Å². The lowest BCUT2D eigenvalue weighted by Crippen LogP contribution is -2.13. The molecule has 0 fully saturated rings. The van der Waals surface area contributed by atoms with Crippen LogP contribution in [0.25, 0.3) is 10.2 Å². The monoisotopic (exact) mass is 324 g/mol. The number of ketones is 1. The summed E-state index contributed by atoms with van der Waals surface area (Å²) in [7, 11) is 0. The number of thiazole rings is 1. The first-order chi connectivity index (χ1) is 10.8.